The number of nitrogens with zero attached hydrogens (tertiary/aromatic N) is 1. The van der Waals surface area contributed by atoms with Crippen molar-refractivity contribution in [2.45, 2.75) is 11.3 Å². The lowest BCUT2D eigenvalue weighted by molar-refractivity contribution is -0.141. The first-order chi connectivity index (χ1) is 11.2. The number of aromatic amines is 1. The van der Waals surface area contributed by atoms with Crippen LogP contribution in [0.3, 0.4) is 0 Å². The summed E-state index contributed by atoms with van der Waals surface area (Å²) in [6.45, 7) is 0. The van der Waals surface area contributed by atoms with Gasteiger partial charge in [-0.2, -0.15) is 13.2 Å². The molecule has 2 aromatic rings. The quantitative estimate of drug-likeness (QED) is 0.490. The fourth-order valence-electron chi connectivity index (χ4n) is 1.71. The van der Waals surface area contributed by atoms with Gasteiger partial charge in [0.2, 0.25) is 0 Å². The van der Waals surface area contributed by atoms with Gasteiger partial charge in [-0.25, -0.2) is 4.98 Å². The third kappa shape index (κ3) is 4.51. The number of carbonyl (C=O) groups is 1. The zero-order valence-corrected chi connectivity index (χ0v) is 13.7. The predicted molar refractivity (Wildman–Crippen MR) is 82.9 cm³/mol. The lowest BCUT2D eigenvalue weighted by Gasteiger charge is -2.07. The molecule has 1 N–H and O–H groups in total. The minimum atomic E-state index is -4.74. The summed E-state index contributed by atoms with van der Waals surface area (Å²) in [5.74, 6) is -0.207. The second kappa shape index (κ2) is 7.27. The summed E-state index contributed by atoms with van der Waals surface area (Å²) in [5, 5.41) is -0.0539. The third-order valence-electron chi connectivity index (χ3n) is 2.82. The maximum atomic E-state index is 12.6. The number of Topliss-reactive ketones (excluding diaryl/α,β-unsaturated/α-hetero) is 1. The van der Waals surface area contributed by atoms with Gasteiger partial charge in [0, 0.05) is 11.6 Å². The van der Waals surface area contributed by atoms with Crippen LogP contribution >= 0.6 is 23.4 Å². The number of ether oxygens (including phenoxy) is 1. The van der Waals surface area contributed by atoms with Crippen LogP contribution in [-0.2, 0) is 6.18 Å². The van der Waals surface area contributed by atoms with Crippen LogP contribution in [0.15, 0.2) is 34.2 Å². The Labute approximate surface area is 143 Å². The summed E-state index contributed by atoms with van der Waals surface area (Å²) in [6.07, 6.45) is -4.74. The Kier molecular flexibility index (Phi) is 5.55. The van der Waals surface area contributed by atoms with Gasteiger partial charge in [0.1, 0.15) is 5.75 Å². The first-order valence-corrected chi connectivity index (χ1v) is 7.75. The number of nitrogens with one attached hydrogen (secondary N) is 1. The number of rotatable bonds is 5. The van der Waals surface area contributed by atoms with Crippen molar-refractivity contribution in [1.29, 1.82) is 0 Å². The number of H-pyrrole nitrogens is 1. The number of ketones is 1. The highest BCUT2D eigenvalue weighted by atomic mass is 35.5. The van der Waals surface area contributed by atoms with Crippen LogP contribution in [0.4, 0.5) is 13.2 Å². The molecule has 0 spiro atoms. The molecular formula is C14H10ClF3N2O3S. The number of alkyl halides is 3. The Bertz CT molecular complexity index is 824. The average molecular weight is 379 g/mol. The molecule has 0 saturated heterocycles. The maximum Gasteiger partial charge on any atom is 0.433 e. The molecular weight excluding hydrogens is 369 g/mol. The minimum Gasteiger partial charge on any atom is -0.495 e. The van der Waals surface area contributed by atoms with Gasteiger partial charge in [0.15, 0.2) is 16.6 Å². The SMILES string of the molecule is COc1ccc(C(=O)CSc2nc(C(F)(F)F)cc(=O)[nH]2)cc1Cl. The van der Waals surface area contributed by atoms with Crippen LogP contribution in [0.5, 0.6) is 5.75 Å². The molecule has 0 atom stereocenters. The number of aromatic nitrogens is 2. The highest BCUT2D eigenvalue weighted by Crippen LogP contribution is 2.28. The van der Waals surface area contributed by atoms with E-state index in [1.807, 2.05) is 0 Å². The van der Waals surface area contributed by atoms with E-state index < -0.39 is 17.4 Å². The van der Waals surface area contributed by atoms with Crippen LogP contribution in [0.2, 0.25) is 5.02 Å². The van der Waals surface area contributed by atoms with Crippen molar-refractivity contribution in [3.05, 3.63) is 50.9 Å². The van der Waals surface area contributed by atoms with Gasteiger partial charge in [0.05, 0.1) is 17.9 Å². The minimum absolute atomic E-state index is 0.215. The zero-order valence-electron chi connectivity index (χ0n) is 12.1. The van der Waals surface area contributed by atoms with Gasteiger partial charge in [-0.3, -0.25) is 9.59 Å². The Morgan fingerprint density at radius 3 is 2.67 bits per heavy atom. The smallest absolute Gasteiger partial charge is 0.433 e. The van der Waals surface area contributed by atoms with Crippen molar-refractivity contribution in [1.82, 2.24) is 9.97 Å². The van der Waals surface area contributed by atoms with E-state index in [9.17, 15) is 22.8 Å². The lowest BCUT2D eigenvalue weighted by atomic mass is 10.1. The van der Waals surface area contributed by atoms with E-state index in [1.54, 1.807) is 0 Å². The summed E-state index contributed by atoms with van der Waals surface area (Å²) in [6, 6.07) is 4.74. The molecule has 1 aromatic heterocycles. The van der Waals surface area contributed by atoms with Crippen LogP contribution in [0.1, 0.15) is 16.1 Å². The molecule has 0 fully saturated rings. The summed E-state index contributed by atoms with van der Waals surface area (Å²) in [5.41, 5.74) is -1.99. The van der Waals surface area contributed by atoms with Crippen molar-refractivity contribution >= 4 is 29.1 Å². The molecule has 5 nitrogen and oxygen atoms in total. The van der Waals surface area contributed by atoms with E-state index in [0.717, 1.165) is 0 Å². The maximum absolute atomic E-state index is 12.6. The molecule has 10 heteroatoms. The van der Waals surface area contributed by atoms with Crippen LogP contribution < -0.4 is 10.3 Å². The second-order valence-electron chi connectivity index (χ2n) is 4.49. The first kappa shape index (κ1) is 18.3. The lowest BCUT2D eigenvalue weighted by Crippen LogP contribution is -2.17. The van der Waals surface area contributed by atoms with Gasteiger partial charge in [0.25, 0.3) is 5.56 Å². The van der Waals surface area contributed by atoms with Crippen molar-refractivity contribution in [3.8, 4) is 5.75 Å². The Balaban J connectivity index is 2.13. The Morgan fingerprint density at radius 2 is 2.08 bits per heavy atom. The highest BCUT2D eigenvalue weighted by Gasteiger charge is 2.33. The normalized spacial score (nSPS) is 11.4. The van der Waals surface area contributed by atoms with Crippen molar-refractivity contribution < 1.29 is 22.7 Å². The first-order valence-electron chi connectivity index (χ1n) is 6.39. The van der Waals surface area contributed by atoms with Crippen LogP contribution in [0, 0.1) is 0 Å². The standard InChI is InChI=1S/C14H10ClF3N2O3S/c1-23-10-3-2-7(4-8(10)15)9(21)6-24-13-19-11(14(16,17)18)5-12(22)20-13/h2-5H,6H2,1H3,(H,19,20,22). The molecule has 0 saturated carbocycles. The molecule has 0 aliphatic carbocycles. The fourth-order valence-corrected chi connectivity index (χ4v) is 2.73. The predicted octanol–water partition coefficient (Wildman–Crippen LogP) is 3.43. The third-order valence-corrected chi connectivity index (χ3v) is 3.99. The number of carbonyl (C=O) groups excluding carboxylic acids is 1. The largest absolute Gasteiger partial charge is 0.495 e. The molecule has 2 rings (SSSR count). The molecule has 1 aromatic carbocycles. The average Bonchev–Trinajstić information content (AvgIpc) is 2.51. The van der Waals surface area contributed by atoms with E-state index >= 15 is 0 Å². The molecule has 0 amide bonds. The monoisotopic (exact) mass is 378 g/mol. The van der Waals surface area contributed by atoms with Gasteiger partial charge in [-0.05, 0) is 18.2 Å². The van der Waals surface area contributed by atoms with E-state index in [0.29, 0.717) is 23.6 Å². The van der Waals surface area contributed by atoms with Crippen LogP contribution in [0.25, 0.3) is 0 Å². The van der Waals surface area contributed by atoms with E-state index in [2.05, 4.69) is 9.97 Å². The van der Waals surface area contributed by atoms with Crippen molar-refractivity contribution in [2.24, 2.45) is 0 Å². The summed E-state index contributed by atoms with van der Waals surface area (Å²) < 4.78 is 42.8. The van der Waals surface area contributed by atoms with Gasteiger partial charge >= 0.3 is 6.18 Å². The van der Waals surface area contributed by atoms with Gasteiger partial charge in [-0.1, -0.05) is 23.4 Å². The molecule has 24 heavy (non-hydrogen) atoms. The van der Waals surface area contributed by atoms with E-state index in [-0.39, 0.29) is 27.3 Å². The molecule has 0 radical (unpaired) electrons. The number of hydrogen-bond donors (Lipinski definition) is 1. The molecule has 0 aliphatic heterocycles. The van der Waals surface area contributed by atoms with Crippen molar-refractivity contribution in [3.63, 3.8) is 0 Å². The second-order valence-corrected chi connectivity index (χ2v) is 5.87. The fraction of sp³-hybridized carbons (Fsp3) is 0.214. The number of halogens is 4. The molecule has 0 aliphatic rings. The Morgan fingerprint density at radius 1 is 1.38 bits per heavy atom. The van der Waals surface area contributed by atoms with Crippen LogP contribution in [-0.4, -0.2) is 28.6 Å². The summed E-state index contributed by atoms with van der Waals surface area (Å²) >= 11 is 6.61. The number of benzene rings is 1. The summed E-state index contributed by atoms with van der Waals surface area (Å²) in [7, 11) is 1.42. The van der Waals surface area contributed by atoms with Gasteiger partial charge < -0.3 is 9.72 Å². The highest BCUT2D eigenvalue weighted by molar-refractivity contribution is 7.99. The molecule has 128 valence electrons. The molecule has 0 unspecified atom stereocenters. The summed E-state index contributed by atoms with van der Waals surface area (Å²) in [4.78, 5) is 28.8. The number of methoxy groups -OCH3 is 1. The van der Waals surface area contributed by atoms with Gasteiger partial charge in [-0.15, -0.1) is 0 Å². The van der Waals surface area contributed by atoms with Crippen molar-refractivity contribution in [2.75, 3.05) is 12.9 Å². The molecule has 0 bridgehead atoms. The molecule has 1 heterocycles. The zero-order chi connectivity index (χ0) is 17.9. The Hall–Kier alpha value is -2.00. The number of thioether (sulfide) groups is 1. The van der Waals surface area contributed by atoms with E-state index in [1.165, 1.54) is 25.3 Å². The topological polar surface area (TPSA) is 72.0 Å². The van der Waals surface area contributed by atoms with E-state index in [4.69, 9.17) is 16.3 Å². The number of hydrogen-bond acceptors (Lipinski definition) is 5.